The second-order valence-electron chi connectivity index (χ2n) is 2.59. The quantitative estimate of drug-likeness (QED) is 0.440. The van der Waals surface area contributed by atoms with Crippen LogP contribution in [0.25, 0.3) is 0 Å². The highest BCUT2D eigenvalue weighted by Gasteiger charge is 2.17. The lowest BCUT2D eigenvalue weighted by molar-refractivity contribution is -0.139. The Morgan fingerprint density at radius 3 is 2.36 bits per heavy atom. The van der Waals surface area contributed by atoms with Crippen LogP contribution in [0.2, 0.25) is 0 Å². The molecule has 0 aromatic heterocycles. The van der Waals surface area contributed by atoms with Crippen LogP contribution in [0.15, 0.2) is 0 Å². The highest BCUT2D eigenvalue weighted by molar-refractivity contribution is 5.85. The van der Waals surface area contributed by atoms with Gasteiger partial charge in [0.25, 0.3) is 0 Å². The molecule has 1 atom stereocenters. The number of carboxylic acid groups (broad SMARTS) is 1. The summed E-state index contributed by atoms with van der Waals surface area (Å²) in [6.07, 6.45) is 0.263. The summed E-state index contributed by atoms with van der Waals surface area (Å²) in [6.45, 7) is 1.30. The van der Waals surface area contributed by atoms with E-state index in [9.17, 15) is 14.4 Å². The first-order valence-electron chi connectivity index (χ1n) is 4.02. The van der Waals surface area contributed by atoms with Crippen molar-refractivity contribution < 1.29 is 19.5 Å². The lowest BCUT2D eigenvalue weighted by Crippen LogP contribution is -2.47. The lowest BCUT2D eigenvalue weighted by atomic mass is 10.2. The van der Waals surface area contributed by atoms with Crippen LogP contribution in [0.3, 0.4) is 0 Å². The van der Waals surface area contributed by atoms with Crippen LogP contribution in [0.5, 0.6) is 0 Å². The summed E-state index contributed by atoms with van der Waals surface area (Å²) < 4.78 is 0. The lowest BCUT2D eigenvalue weighted by Gasteiger charge is -2.12. The first-order valence-corrected chi connectivity index (χ1v) is 4.02. The summed E-state index contributed by atoms with van der Waals surface area (Å²) in [7, 11) is 0. The number of carbonyl (C=O) groups is 3. The molecule has 7 nitrogen and oxygen atoms in total. The molecular weight excluding hydrogens is 190 g/mol. The van der Waals surface area contributed by atoms with Gasteiger partial charge in [-0.15, -0.1) is 0 Å². The summed E-state index contributed by atoms with van der Waals surface area (Å²) in [5.41, 5.74) is 4.77. The van der Waals surface area contributed by atoms with Crippen LogP contribution in [0.1, 0.15) is 13.3 Å². The van der Waals surface area contributed by atoms with E-state index in [1.807, 2.05) is 0 Å². The molecule has 0 bridgehead atoms. The van der Waals surface area contributed by atoms with Gasteiger partial charge in [0, 0.05) is 0 Å². The highest BCUT2D eigenvalue weighted by Crippen LogP contribution is 1.89. The van der Waals surface area contributed by atoms with Gasteiger partial charge >= 0.3 is 12.0 Å². The van der Waals surface area contributed by atoms with Gasteiger partial charge in [-0.25, -0.2) is 9.59 Å². The Kier molecular flexibility index (Phi) is 5.05. The van der Waals surface area contributed by atoms with E-state index in [1.54, 1.807) is 6.92 Å². The van der Waals surface area contributed by atoms with Gasteiger partial charge in [0.05, 0.1) is 6.54 Å². The zero-order valence-corrected chi connectivity index (χ0v) is 7.74. The molecule has 0 aromatic carbocycles. The Bertz CT molecular complexity index is 241. The number of aliphatic carboxylic acids is 1. The zero-order valence-electron chi connectivity index (χ0n) is 7.74. The van der Waals surface area contributed by atoms with Crippen LogP contribution in [0, 0.1) is 0 Å². The number of urea groups is 1. The molecule has 0 aliphatic rings. The normalized spacial score (nSPS) is 11.5. The van der Waals surface area contributed by atoms with E-state index in [0.717, 1.165) is 0 Å². The van der Waals surface area contributed by atoms with Crippen LogP contribution in [-0.4, -0.2) is 35.6 Å². The standard InChI is InChI=1S/C7H13N3O4/c1-2-4(6(12)13)10-7(14)9-3-5(8)11/h4H,2-3H2,1H3,(H2,8,11)(H,12,13)(H2,9,10,14). The molecule has 0 saturated carbocycles. The number of rotatable bonds is 5. The van der Waals surface area contributed by atoms with Crippen LogP contribution in [-0.2, 0) is 9.59 Å². The number of primary amides is 1. The molecule has 14 heavy (non-hydrogen) atoms. The van der Waals surface area contributed by atoms with Crippen molar-refractivity contribution in [2.45, 2.75) is 19.4 Å². The molecule has 80 valence electrons. The predicted molar refractivity (Wildman–Crippen MR) is 47.4 cm³/mol. The van der Waals surface area contributed by atoms with Crippen molar-refractivity contribution in [1.82, 2.24) is 10.6 Å². The second-order valence-corrected chi connectivity index (χ2v) is 2.59. The first kappa shape index (κ1) is 12.2. The third kappa shape index (κ3) is 4.96. The molecule has 0 fully saturated rings. The fraction of sp³-hybridized carbons (Fsp3) is 0.571. The van der Waals surface area contributed by atoms with Gasteiger partial charge < -0.3 is 21.5 Å². The number of nitrogens with two attached hydrogens (primary N) is 1. The summed E-state index contributed by atoms with van der Waals surface area (Å²) in [4.78, 5) is 31.7. The van der Waals surface area contributed by atoms with Crippen LogP contribution >= 0.6 is 0 Å². The Balaban J connectivity index is 3.91. The number of carbonyl (C=O) groups excluding carboxylic acids is 2. The van der Waals surface area contributed by atoms with Crippen molar-refractivity contribution in [3.8, 4) is 0 Å². The summed E-state index contributed by atoms with van der Waals surface area (Å²) in [5.74, 6) is -1.81. The molecule has 0 aliphatic carbocycles. The fourth-order valence-corrected chi connectivity index (χ4v) is 0.715. The molecule has 0 heterocycles. The van der Waals surface area contributed by atoms with Crippen molar-refractivity contribution >= 4 is 17.9 Å². The Hall–Kier alpha value is -1.79. The minimum absolute atomic E-state index is 0.263. The minimum atomic E-state index is -1.12. The van der Waals surface area contributed by atoms with Crippen LogP contribution in [0.4, 0.5) is 4.79 Å². The third-order valence-corrected chi connectivity index (χ3v) is 1.43. The number of amides is 3. The van der Waals surface area contributed by atoms with Gasteiger partial charge in [0.2, 0.25) is 5.91 Å². The highest BCUT2D eigenvalue weighted by atomic mass is 16.4. The van der Waals surface area contributed by atoms with E-state index in [-0.39, 0.29) is 13.0 Å². The molecule has 0 aromatic rings. The number of nitrogens with one attached hydrogen (secondary N) is 2. The number of hydrogen-bond donors (Lipinski definition) is 4. The van der Waals surface area contributed by atoms with Crippen molar-refractivity contribution in [3.63, 3.8) is 0 Å². The maximum atomic E-state index is 10.9. The molecule has 0 radical (unpaired) electrons. The molecule has 7 heteroatoms. The van der Waals surface area contributed by atoms with Crippen molar-refractivity contribution in [2.75, 3.05) is 6.54 Å². The smallest absolute Gasteiger partial charge is 0.326 e. The van der Waals surface area contributed by atoms with Crippen molar-refractivity contribution in [3.05, 3.63) is 0 Å². The second kappa shape index (κ2) is 5.79. The Morgan fingerprint density at radius 1 is 1.43 bits per heavy atom. The first-order chi connectivity index (χ1) is 6.47. The zero-order chi connectivity index (χ0) is 11.1. The van der Waals surface area contributed by atoms with Gasteiger partial charge in [-0.3, -0.25) is 4.79 Å². The van der Waals surface area contributed by atoms with Crippen molar-refractivity contribution in [1.29, 1.82) is 0 Å². The SMILES string of the molecule is CCC(NC(=O)NCC(N)=O)C(=O)O. The van der Waals surface area contributed by atoms with Gasteiger partial charge in [0.1, 0.15) is 6.04 Å². The Morgan fingerprint density at radius 2 is 2.00 bits per heavy atom. The third-order valence-electron chi connectivity index (χ3n) is 1.43. The van der Waals surface area contributed by atoms with Crippen molar-refractivity contribution in [2.24, 2.45) is 5.73 Å². The molecule has 0 aliphatic heterocycles. The number of carboxylic acids is 1. The van der Waals surface area contributed by atoms with Crippen LogP contribution < -0.4 is 16.4 Å². The summed E-state index contributed by atoms with van der Waals surface area (Å²) in [6, 6.07) is -1.68. The van der Waals surface area contributed by atoms with Gasteiger partial charge in [0.15, 0.2) is 0 Å². The predicted octanol–water partition coefficient (Wildman–Crippen LogP) is -1.37. The largest absolute Gasteiger partial charge is 0.480 e. The van der Waals surface area contributed by atoms with E-state index >= 15 is 0 Å². The van der Waals surface area contributed by atoms with E-state index in [2.05, 4.69) is 10.6 Å². The maximum Gasteiger partial charge on any atom is 0.326 e. The van der Waals surface area contributed by atoms with Gasteiger partial charge in [-0.2, -0.15) is 0 Å². The summed E-state index contributed by atoms with van der Waals surface area (Å²) in [5, 5.41) is 12.8. The van der Waals surface area contributed by atoms with Gasteiger partial charge in [-0.05, 0) is 6.42 Å². The summed E-state index contributed by atoms with van der Waals surface area (Å²) >= 11 is 0. The van der Waals surface area contributed by atoms with E-state index < -0.39 is 23.9 Å². The van der Waals surface area contributed by atoms with Gasteiger partial charge in [-0.1, -0.05) is 6.92 Å². The number of hydrogen-bond acceptors (Lipinski definition) is 3. The maximum absolute atomic E-state index is 10.9. The average Bonchev–Trinajstić information content (AvgIpc) is 2.10. The van der Waals surface area contributed by atoms with E-state index in [4.69, 9.17) is 10.8 Å². The van der Waals surface area contributed by atoms with E-state index in [1.165, 1.54) is 0 Å². The molecule has 1 unspecified atom stereocenters. The average molecular weight is 203 g/mol. The minimum Gasteiger partial charge on any atom is -0.480 e. The Labute approximate surface area is 80.6 Å². The molecule has 0 spiro atoms. The monoisotopic (exact) mass is 203 g/mol. The topological polar surface area (TPSA) is 122 Å². The molecule has 3 amide bonds. The fourth-order valence-electron chi connectivity index (χ4n) is 0.715. The molecule has 5 N–H and O–H groups in total. The van der Waals surface area contributed by atoms with E-state index in [0.29, 0.717) is 0 Å². The molecule has 0 saturated heterocycles. The molecule has 0 rings (SSSR count). The molecular formula is C7H13N3O4.